The lowest BCUT2D eigenvalue weighted by atomic mass is 9.71. The van der Waals surface area contributed by atoms with E-state index in [2.05, 4.69) is 0 Å². The molecule has 25 heavy (non-hydrogen) atoms. The molecule has 5 nitrogen and oxygen atoms in total. The molecule has 0 aromatic heterocycles. The van der Waals surface area contributed by atoms with Gasteiger partial charge in [-0.3, -0.25) is 4.79 Å². The monoisotopic (exact) mass is 366 g/mol. The summed E-state index contributed by atoms with van der Waals surface area (Å²) >= 11 is 0. The summed E-state index contributed by atoms with van der Waals surface area (Å²) in [6.07, 6.45) is -3.31. The van der Waals surface area contributed by atoms with E-state index in [-0.39, 0.29) is 12.5 Å². The molecule has 0 unspecified atom stereocenters. The second kappa shape index (κ2) is 8.68. The number of alkyl halides is 3. The lowest BCUT2D eigenvalue weighted by Gasteiger charge is -2.51. The minimum absolute atomic E-state index is 0.00728. The van der Waals surface area contributed by atoms with Crippen LogP contribution in [0.25, 0.3) is 0 Å². The van der Waals surface area contributed by atoms with Gasteiger partial charge in [-0.25, -0.2) is 0 Å². The quantitative estimate of drug-likeness (QED) is 0.731. The van der Waals surface area contributed by atoms with Gasteiger partial charge in [-0.1, -0.05) is 0 Å². The van der Waals surface area contributed by atoms with Crippen molar-refractivity contribution in [1.29, 1.82) is 0 Å². The Morgan fingerprint density at radius 3 is 2.76 bits per heavy atom. The minimum Gasteiger partial charge on any atom is -0.392 e. The zero-order valence-corrected chi connectivity index (χ0v) is 14.9. The zero-order valence-electron chi connectivity index (χ0n) is 14.9. The van der Waals surface area contributed by atoms with Crippen LogP contribution in [0.15, 0.2) is 0 Å². The Balaban J connectivity index is 1.95. The van der Waals surface area contributed by atoms with Gasteiger partial charge < -0.3 is 19.6 Å². The van der Waals surface area contributed by atoms with Crippen molar-refractivity contribution in [2.75, 3.05) is 45.9 Å². The number of ether oxygens (including phenoxy) is 1. The van der Waals surface area contributed by atoms with Crippen LogP contribution in [0.3, 0.4) is 0 Å². The van der Waals surface area contributed by atoms with Gasteiger partial charge >= 0.3 is 6.18 Å². The molecule has 2 saturated heterocycles. The predicted molar refractivity (Wildman–Crippen MR) is 87.1 cm³/mol. The Morgan fingerprint density at radius 1 is 1.32 bits per heavy atom. The first-order valence-corrected chi connectivity index (χ1v) is 9.08. The Bertz CT molecular complexity index is 447. The van der Waals surface area contributed by atoms with Crippen LogP contribution in [-0.4, -0.2) is 79.0 Å². The molecule has 0 aromatic rings. The van der Waals surface area contributed by atoms with Gasteiger partial charge in [-0.2, -0.15) is 13.2 Å². The molecule has 2 atom stereocenters. The maximum Gasteiger partial charge on any atom is 0.390 e. The van der Waals surface area contributed by atoms with E-state index in [1.165, 1.54) is 0 Å². The van der Waals surface area contributed by atoms with Crippen molar-refractivity contribution in [2.24, 2.45) is 5.41 Å². The topological polar surface area (TPSA) is 53.0 Å². The molecule has 2 rings (SSSR count). The average molecular weight is 366 g/mol. The van der Waals surface area contributed by atoms with Crippen LogP contribution in [0.1, 0.15) is 39.0 Å². The maximum absolute atomic E-state index is 12.5. The van der Waals surface area contributed by atoms with Gasteiger partial charge in [0.05, 0.1) is 25.6 Å². The van der Waals surface area contributed by atoms with Crippen LogP contribution in [0.2, 0.25) is 0 Å². The fraction of sp³-hybridized carbons (Fsp3) is 0.941. The van der Waals surface area contributed by atoms with Gasteiger partial charge in [-0.05, 0) is 26.2 Å². The van der Waals surface area contributed by atoms with Crippen LogP contribution < -0.4 is 0 Å². The molecule has 8 heteroatoms. The Hall–Kier alpha value is -0.860. The van der Waals surface area contributed by atoms with Crippen molar-refractivity contribution in [3.05, 3.63) is 0 Å². The molecule has 1 spiro atoms. The number of carbonyl (C=O) groups excluding carboxylic acids is 1. The molecular formula is C17H29F3N2O3. The standard InChI is InChI=1S/C17H29F3N2O3/c1-2-25-11-5-15(24)22-8-3-6-16(13-22)12-21(9-4-14(16)23)10-7-17(18,19)20/h14,23H,2-13H2,1H3/t14-,16-/m1/s1. The molecule has 146 valence electrons. The second-order valence-electron chi connectivity index (χ2n) is 7.17. The number of halogens is 3. The van der Waals surface area contributed by atoms with Crippen LogP contribution in [0.4, 0.5) is 13.2 Å². The first-order valence-electron chi connectivity index (χ1n) is 9.08. The summed E-state index contributed by atoms with van der Waals surface area (Å²) in [6, 6.07) is 0. The average Bonchev–Trinajstić information content (AvgIpc) is 2.56. The zero-order chi connectivity index (χ0) is 18.5. The third-order valence-corrected chi connectivity index (χ3v) is 5.30. The second-order valence-corrected chi connectivity index (χ2v) is 7.17. The number of likely N-dealkylation sites (tertiary alicyclic amines) is 2. The molecule has 0 aromatic carbocycles. The first kappa shape index (κ1) is 20.5. The maximum atomic E-state index is 12.5. The molecule has 1 amide bonds. The number of nitrogens with zero attached hydrogens (tertiary/aromatic N) is 2. The van der Waals surface area contributed by atoms with Crippen LogP contribution in [0.5, 0.6) is 0 Å². The summed E-state index contributed by atoms with van der Waals surface area (Å²) < 4.78 is 42.7. The van der Waals surface area contributed by atoms with Crippen molar-refractivity contribution >= 4 is 5.91 Å². The number of piperidine rings is 2. The summed E-state index contributed by atoms with van der Waals surface area (Å²) in [5.74, 6) is -0.00728. The van der Waals surface area contributed by atoms with Crippen LogP contribution in [-0.2, 0) is 9.53 Å². The molecule has 2 aliphatic heterocycles. The lowest BCUT2D eigenvalue weighted by molar-refractivity contribution is -0.149. The first-order chi connectivity index (χ1) is 11.8. The van der Waals surface area contributed by atoms with E-state index in [9.17, 15) is 23.1 Å². The van der Waals surface area contributed by atoms with Crippen molar-refractivity contribution in [3.8, 4) is 0 Å². The summed E-state index contributed by atoms with van der Waals surface area (Å²) in [7, 11) is 0. The summed E-state index contributed by atoms with van der Waals surface area (Å²) in [6.45, 7) is 4.70. The fourth-order valence-electron chi connectivity index (χ4n) is 3.95. The van der Waals surface area contributed by atoms with E-state index in [4.69, 9.17) is 4.74 Å². The van der Waals surface area contributed by atoms with E-state index in [0.29, 0.717) is 52.2 Å². The number of rotatable bonds is 6. The van der Waals surface area contributed by atoms with Gasteiger partial charge in [0.25, 0.3) is 0 Å². The van der Waals surface area contributed by atoms with Crippen molar-refractivity contribution in [3.63, 3.8) is 0 Å². The lowest BCUT2D eigenvalue weighted by Crippen LogP contribution is -2.60. The number of carbonyl (C=O) groups is 1. The van der Waals surface area contributed by atoms with Gasteiger partial charge in [0.2, 0.25) is 5.91 Å². The number of aliphatic hydroxyl groups excluding tert-OH is 1. The predicted octanol–water partition coefficient (Wildman–Crippen LogP) is 2.04. The van der Waals surface area contributed by atoms with Gasteiger partial charge in [0, 0.05) is 44.7 Å². The summed E-state index contributed by atoms with van der Waals surface area (Å²) in [5.41, 5.74) is -0.511. The molecule has 2 heterocycles. The van der Waals surface area contributed by atoms with Crippen molar-refractivity contribution in [1.82, 2.24) is 9.80 Å². The number of hydrogen-bond donors (Lipinski definition) is 1. The minimum atomic E-state index is -4.17. The van der Waals surface area contributed by atoms with E-state index >= 15 is 0 Å². The fourth-order valence-corrected chi connectivity index (χ4v) is 3.95. The highest BCUT2D eigenvalue weighted by atomic mass is 19.4. The molecule has 2 aliphatic rings. The van der Waals surface area contributed by atoms with Crippen LogP contribution in [0, 0.1) is 5.41 Å². The van der Waals surface area contributed by atoms with Crippen molar-refractivity contribution < 1.29 is 27.8 Å². The van der Waals surface area contributed by atoms with Gasteiger partial charge in [-0.15, -0.1) is 0 Å². The van der Waals surface area contributed by atoms with Gasteiger partial charge in [0.15, 0.2) is 0 Å². The summed E-state index contributed by atoms with van der Waals surface area (Å²) in [4.78, 5) is 15.9. The molecule has 0 saturated carbocycles. The molecule has 1 N–H and O–H groups in total. The highest BCUT2D eigenvalue weighted by Crippen LogP contribution is 2.39. The Morgan fingerprint density at radius 2 is 2.08 bits per heavy atom. The number of amides is 1. The Kier molecular flexibility index (Phi) is 7.10. The highest BCUT2D eigenvalue weighted by Gasteiger charge is 2.46. The van der Waals surface area contributed by atoms with Crippen LogP contribution >= 0.6 is 0 Å². The third kappa shape index (κ3) is 5.82. The molecule has 0 bridgehead atoms. The van der Waals surface area contributed by atoms with Crippen molar-refractivity contribution in [2.45, 2.75) is 51.3 Å². The number of hydrogen-bond acceptors (Lipinski definition) is 4. The molecular weight excluding hydrogens is 337 g/mol. The largest absolute Gasteiger partial charge is 0.392 e. The summed E-state index contributed by atoms with van der Waals surface area (Å²) in [5, 5.41) is 10.5. The normalized spacial score (nSPS) is 28.5. The SMILES string of the molecule is CCOCCC(=O)N1CCC[C@@]2(CN(CCC(F)(F)F)CC[C@H]2O)C1. The molecule has 0 aliphatic carbocycles. The highest BCUT2D eigenvalue weighted by molar-refractivity contribution is 5.76. The van der Waals surface area contributed by atoms with E-state index in [1.807, 2.05) is 6.92 Å². The molecule has 0 radical (unpaired) electrons. The third-order valence-electron chi connectivity index (χ3n) is 5.30. The van der Waals surface area contributed by atoms with E-state index in [0.717, 1.165) is 12.8 Å². The smallest absolute Gasteiger partial charge is 0.390 e. The van der Waals surface area contributed by atoms with E-state index < -0.39 is 24.1 Å². The van der Waals surface area contributed by atoms with E-state index in [1.54, 1.807) is 9.80 Å². The van der Waals surface area contributed by atoms with Gasteiger partial charge in [0.1, 0.15) is 0 Å². The number of aliphatic hydroxyl groups is 1. The Labute approximate surface area is 147 Å². The molecule has 2 fully saturated rings.